The van der Waals surface area contributed by atoms with E-state index >= 15 is 0 Å². The van der Waals surface area contributed by atoms with Gasteiger partial charge in [-0.3, -0.25) is 4.79 Å². The molecule has 0 saturated carbocycles. The van der Waals surface area contributed by atoms with Crippen LogP contribution >= 0.6 is 9.47 Å². The maximum atomic E-state index is 10.6. The Bertz CT molecular complexity index is 130. The molecule has 0 rings (SSSR count). The van der Waals surface area contributed by atoms with Gasteiger partial charge in [-0.1, -0.05) is 0 Å². The van der Waals surface area contributed by atoms with Crippen LogP contribution in [0.5, 0.6) is 0 Å². The lowest BCUT2D eigenvalue weighted by atomic mass is 10.3. The van der Waals surface area contributed by atoms with Crippen molar-refractivity contribution in [3.05, 3.63) is 0 Å². The predicted octanol–water partition coefficient (Wildman–Crippen LogP) is -1.61. The standard InChI is InChI=1S/C4H9N2O3P/c5-1-3(6-2-7)4(8)9-10/h2-3H,1,5,10H2,(H,6,7). The highest BCUT2D eigenvalue weighted by atomic mass is 31.0. The van der Waals surface area contributed by atoms with E-state index in [1.54, 1.807) is 9.47 Å². The zero-order valence-electron chi connectivity index (χ0n) is 5.24. The Hall–Kier alpha value is -0.670. The minimum Gasteiger partial charge on any atom is -0.450 e. The van der Waals surface area contributed by atoms with Gasteiger partial charge >= 0.3 is 5.97 Å². The molecule has 0 aromatic carbocycles. The number of nitrogens with two attached hydrogens (primary N) is 1. The van der Waals surface area contributed by atoms with Crippen LogP contribution in [0.25, 0.3) is 0 Å². The van der Waals surface area contributed by atoms with E-state index in [1.807, 2.05) is 0 Å². The highest BCUT2D eigenvalue weighted by Crippen LogP contribution is 1.91. The predicted molar refractivity (Wildman–Crippen MR) is 37.8 cm³/mol. The second-order valence-corrected chi connectivity index (χ2v) is 1.75. The van der Waals surface area contributed by atoms with Crippen molar-refractivity contribution < 1.29 is 14.1 Å². The molecule has 0 fully saturated rings. The summed E-state index contributed by atoms with van der Waals surface area (Å²) in [5.74, 6) is -0.570. The van der Waals surface area contributed by atoms with Crippen LogP contribution in [0.2, 0.25) is 0 Å². The molecule has 6 heteroatoms. The van der Waals surface area contributed by atoms with Crippen LogP contribution in [0.4, 0.5) is 0 Å². The SMILES string of the molecule is NCC(NC=O)C(=O)OP. The molecule has 2 unspecified atom stereocenters. The van der Waals surface area contributed by atoms with Crippen molar-refractivity contribution in [1.82, 2.24) is 5.32 Å². The molecule has 5 nitrogen and oxygen atoms in total. The molecule has 2 atom stereocenters. The third-order valence-corrected chi connectivity index (χ3v) is 1.14. The Kier molecular flexibility index (Phi) is 4.80. The zero-order valence-corrected chi connectivity index (χ0v) is 6.40. The van der Waals surface area contributed by atoms with Crippen molar-refractivity contribution in [3.63, 3.8) is 0 Å². The average molecular weight is 164 g/mol. The molecule has 0 radical (unpaired) electrons. The lowest BCUT2D eigenvalue weighted by molar-refractivity contribution is -0.136. The molecule has 0 aliphatic rings. The molecule has 0 heterocycles. The summed E-state index contributed by atoms with van der Waals surface area (Å²) in [6, 6.07) is -0.741. The fourth-order valence-corrected chi connectivity index (χ4v) is 0.561. The lowest BCUT2D eigenvalue weighted by Crippen LogP contribution is -2.42. The van der Waals surface area contributed by atoms with Crippen molar-refractivity contribution >= 4 is 21.8 Å². The molecule has 1 amide bonds. The molecule has 0 spiro atoms. The fourth-order valence-electron chi connectivity index (χ4n) is 0.397. The largest absolute Gasteiger partial charge is 0.450 e. The normalized spacial score (nSPS) is 11.8. The van der Waals surface area contributed by atoms with Gasteiger partial charge in [0.15, 0.2) is 0 Å². The van der Waals surface area contributed by atoms with Crippen molar-refractivity contribution in [3.8, 4) is 0 Å². The quantitative estimate of drug-likeness (QED) is 0.387. The van der Waals surface area contributed by atoms with Crippen LogP contribution in [-0.4, -0.2) is 25.0 Å². The molecule has 0 aliphatic heterocycles. The smallest absolute Gasteiger partial charge is 0.332 e. The number of carbonyl (C=O) groups excluding carboxylic acids is 2. The average Bonchev–Trinajstić information content (AvgIpc) is 1.99. The van der Waals surface area contributed by atoms with Crippen LogP contribution in [-0.2, 0) is 14.1 Å². The number of hydrogen-bond donors (Lipinski definition) is 2. The summed E-state index contributed by atoms with van der Waals surface area (Å²) in [5.41, 5.74) is 5.10. The molecule has 3 N–H and O–H groups in total. The van der Waals surface area contributed by atoms with Gasteiger partial charge in [0, 0.05) is 6.54 Å². The summed E-state index contributed by atoms with van der Waals surface area (Å²) >= 11 is 0. The Labute approximate surface area is 60.6 Å². The van der Waals surface area contributed by atoms with Crippen molar-refractivity contribution in [2.24, 2.45) is 5.73 Å². The maximum Gasteiger partial charge on any atom is 0.332 e. The van der Waals surface area contributed by atoms with E-state index in [4.69, 9.17) is 5.73 Å². The maximum absolute atomic E-state index is 10.6. The van der Waals surface area contributed by atoms with E-state index in [9.17, 15) is 9.59 Å². The Morgan fingerprint density at radius 2 is 2.50 bits per heavy atom. The third kappa shape index (κ3) is 2.75. The Morgan fingerprint density at radius 1 is 1.90 bits per heavy atom. The van der Waals surface area contributed by atoms with Gasteiger partial charge in [-0.15, -0.1) is 0 Å². The van der Waals surface area contributed by atoms with Gasteiger partial charge in [-0.25, -0.2) is 4.79 Å². The molecule has 0 saturated heterocycles. The molecule has 10 heavy (non-hydrogen) atoms. The van der Waals surface area contributed by atoms with Gasteiger partial charge in [0.05, 0.1) is 9.47 Å². The second kappa shape index (κ2) is 5.14. The van der Waals surface area contributed by atoms with Gasteiger partial charge in [0.2, 0.25) is 6.41 Å². The van der Waals surface area contributed by atoms with Crippen LogP contribution in [0.3, 0.4) is 0 Å². The fraction of sp³-hybridized carbons (Fsp3) is 0.500. The first kappa shape index (κ1) is 9.33. The number of rotatable bonds is 4. The number of amides is 1. The number of hydrogen-bond acceptors (Lipinski definition) is 4. The summed E-state index contributed by atoms with van der Waals surface area (Å²) in [4.78, 5) is 20.4. The van der Waals surface area contributed by atoms with Gasteiger partial charge < -0.3 is 15.6 Å². The third-order valence-electron chi connectivity index (χ3n) is 0.906. The molecule has 0 bridgehead atoms. The topological polar surface area (TPSA) is 81.4 Å². The molecule has 0 aromatic heterocycles. The Balaban J connectivity index is 3.79. The van der Waals surface area contributed by atoms with Crippen LogP contribution in [0, 0.1) is 0 Å². The minimum absolute atomic E-state index is 0.0337. The Morgan fingerprint density at radius 3 is 2.80 bits per heavy atom. The lowest BCUT2D eigenvalue weighted by Gasteiger charge is -2.09. The molecular weight excluding hydrogens is 155 g/mol. The van der Waals surface area contributed by atoms with Crippen molar-refractivity contribution in [2.45, 2.75) is 6.04 Å². The molecule has 0 aromatic rings. The van der Waals surface area contributed by atoms with E-state index in [1.165, 1.54) is 0 Å². The molecule has 0 aliphatic carbocycles. The summed E-state index contributed by atoms with van der Waals surface area (Å²) < 4.78 is 4.23. The summed E-state index contributed by atoms with van der Waals surface area (Å²) in [7, 11) is 1.78. The van der Waals surface area contributed by atoms with Gasteiger partial charge in [-0.05, 0) is 0 Å². The van der Waals surface area contributed by atoms with E-state index in [0.29, 0.717) is 6.41 Å². The van der Waals surface area contributed by atoms with Crippen LogP contribution in [0.15, 0.2) is 0 Å². The summed E-state index contributed by atoms with van der Waals surface area (Å²) in [5, 5.41) is 2.19. The van der Waals surface area contributed by atoms with Gasteiger partial charge in [0.1, 0.15) is 6.04 Å². The van der Waals surface area contributed by atoms with Crippen molar-refractivity contribution in [2.75, 3.05) is 6.54 Å². The molecule has 58 valence electrons. The van der Waals surface area contributed by atoms with Crippen LogP contribution < -0.4 is 11.1 Å². The monoisotopic (exact) mass is 164 g/mol. The van der Waals surface area contributed by atoms with E-state index in [0.717, 1.165) is 0 Å². The second-order valence-electron chi connectivity index (χ2n) is 1.51. The summed E-state index contributed by atoms with van der Waals surface area (Å²) in [6.07, 6.45) is 0.402. The minimum atomic E-state index is -0.741. The van der Waals surface area contributed by atoms with Gasteiger partial charge in [-0.2, -0.15) is 0 Å². The summed E-state index contributed by atoms with van der Waals surface area (Å²) in [6.45, 7) is 0.0337. The van der Waals surface area contributed by atoms with E-state index in [-0.39, 0.29) is 6.54 Å². The van der Waals surface area contributed by atoms with Gasteiger partial charge in [0.25, 0.3) is 0 Å². The van der Waals surface area contributed by atoms with E-state index in [2.05, 4.69) is 9.84 Å². The van der Waals surface area contributed by atoms with E-state index < -0.39 is 12.0 Å². The first-order chi connectivity index (χ1) is 4.76. The highest BCUT2D eigenvalue weighted by Gasteiger charge is 2.14. The van der Waals surface area contributed by atoms with Crippen LogP contribution in [0.1, 0.15) is 0 Å². The number of carbonyl (C=O) groups is 2. The number of nitrogens with one attached hydrogen (secondary N) is 1. The zero-order chi connectivity index (χ0) is 7.98. The van der Waals surface area contributed by atoms with Crippen molar-refractivity contribution in [1.29, 1.82) is 0 Å². The molecular formula is C4H9N2O3P. The highest BCUT2D eigenvalue weighted by molar-refractivity contribution is 7.10. The first-order valence-electron chi connectivity index (χ1n) is 2.56. The first-order valence-corrected chi connectivity index (χ1v) is 3.03.